The molecule has 1 unspecified atom stereocenters. The Morgan fingerprint density at radius 2 is 2.33 bits per heavy atom. The Hall–Kier alpha value is -2.41. The van der Waals surface area contributed by atoms with E-state index in [1.54, 1.807) is 12.3 Å². The fraction of sp³-hybridized carbons (Fsp3) is 0.357. The number of fused-ring (bicyclic) bond motifs is 1. The summed E-state index contributed by atoms with van der Waals surface area (Å²) >= 11 is 0. The number of amides is 1. The third-order valence-corrected chi connectivity index (χ3v) is 3.67. The Bertz CT molecular complexity index is 718. The van der Waals surface area contributed by atoms with E-state index in [0.717, 1.165) is 29.8 Å². The highest BCUT2D eigenvalue weighted by Gasteiger charge is 2.22. The van der Waals surface area contributed by atoms with Gasteiger partial charge in [0.1, 0.15) is 0 Å². The van der Waals surface area contributed by atoms with E-state index in [9.17, 15) is 9.59 Å². The molecule has 0 radical (unpaired) electrons. The molecule has 0 fully saturated rings. The number of carbonyl (C=O) groups is 1. The van der Waals surface area contributed by atoms with E-state index in [0.29, 0.717) is 12.2 Å². The van der Waals surface area contributed by atoms with E-state index in [2.05, 4.69) is 25.8 Å². The monoisotopic (exact) mass is 287 g/mol. The Balaban J connectivity index is 1.77. The van der Waals surface area contributed by atoms with Crippen LogP contribution >= 0.6 is 0 Å². The van der Waals surface area contributed by atoms with Crippen LogP contribution in [0.3, 0.4) is 0 Å². The zero-order valence-electron chi connectivity index (χ0n) is 11.7. The average Bonchev–Trinajstić information content (AvgIpc) is 2.91. The largest absolute Gasteiger partial charge is 0.344 e. The van der Waals surface area contributed by atoms with Gasteiger partial charge in [-0.2, -0.15) is 5.10 Å². The smallest absolute Gasteiger partial charge is 0.272 e. The van der Waals surface area contributed by atoms with Crippen LogP contribution in [-0.2, 0) is 13.0 Å². The summed E-state index contributed by atoms with van der Waals surface area (Å²) in [6, 6.07) is 3.00. The Kier molecular flexibility index (Phi) is 3.57. The minimum Gasteiger partial charge on any atom is -0.344 e. The van der Waals surface area contributed by atoms with Crippen molar-refractivity contribution in [2.75, 3.05) is 6.54 Å². The highest BCUT2D eigenvalue weighted by molar-refractivity contribution is 5.94. The molecule has 0 bridgehead atoms. The predicted molar refractivity (Wildman–Crippen MR) is 76.9 cm³/mol. The van der Waals surface area contributed by atoms with Gasteiger partial charge in [0.2, 0.25) is 5.56 Å². The number of carbonyl (C=O) groups excluding carboxylic acids is 1. The molecule has 1 aliphatic heterocycles. The molecule has 0 spiro atoms. The van der Waals surface area contributed by atoms with E-state index < -0.39 is 0 Å². The summed E-state index contributed by atoms with van der Waals surface area (Å²) < 4.78 is 0. The molecule has 110 valence electrons. The van der Waals surface area contributed by atoms with E-state index in [1.165, 1.54) is 6.07 Å². The number of hydrogen-bond donors (Lipinski definition) is 4. The maximum absolute atomic E-state index is 12.3. The molecular formula is C14H17N5O2. The van der Waals surface area contributed by atoms with Crippen molar-refractivity contribution in [3.63, 3.8) is 0 Å². The first-order chi connectivity index (χ1) is 10.1. The summed E-state index contributed by atoms with van der Waals surface area (Å²) in [6.07, 6.45) is 2.36. The number of aromatic amines is 2. The molecule has 3 heterocycles. The number of aromatic nitrogens is 3. The second-order valence-corrected chi connectivity index (χ2v) is 5.14. The molecule has 1 aliphatic rings. The first-order valence-electron chi connectivity index (χ1n) is 6.91. The van der Waals surface area contributed by atoms with Crippen molar-refractivity contribution in [2.45, 2.75) is 25.9 Å². The molecule has 2 aromatic heterocycles. The summed E-state index contributed by atoms with van der Waals surface area (Å²) in [5.74, 6) is -0.220. The van der Waals surface area contributed by atoms with E-state index in [-0.39, 0.29) is 17.5 Å². The van der Waals surface area contributed by atoms with Crippen LogP contribution in [0, 0.1) is 0 Å². The molecule has 1 amide bonds. The first-order valence-corrected chi connectivity index (χ1v) is 6.91. The third-order valence-electron chi connectivity index (χ3n) is 3.67. The topological polar surface area (TPSA) is 103 Å². The normalized spacial score (nSPS) is 15.3. The van der Waals surface area contributed by atoms with Crippen molar-refractivity contribution in [2.24, 2.45) is 0 Å². The van der Waals surface area contributed by atoms with Gasteiger partial charge in [0.05, 0.1) is 11.7 Å². The average molecular weight is 287 g/mol. The van der Waals surface area contributed by atoms with Gasteiger partial charge in [0, 0.05) is 24.4 Å². The third kappa shape index (κ3) is 2.73. The molecular weight excluding hydrogens is 270 g/mol. The van der Waals surface area contributed by atoms with Gasteiger partial charge >= 0.3 is 0 Å². The number of nitrogens with one attached hydrogen (secondary N) is 4. The van der Waals surface area contributed by atoms with Gasteiger partial charge in [-0.15, -0.1) is 0 Å². The maximum atomic E-state index is 12.3. The lowest BCUT2D eigenvalue weighted by Gasteiger charge is -2.15. The van der Waals surface area contributed by atoms with E-state index in [1.807, 2.05) is 6.92 Å². The number of hydrogen-bond acceptors (Lipinski definition) is 4. The van der Waals surface area contributed by atoms with Crippen LogP contribution in [0.15, 0.2) is 23.1 Å². The number of rotatable bonds is 3. The van der Waals surface area contributed by atoms with Crippen LogP contribution in [0.4, 0.5) is 0 Å². The highest BCUT2D eigenvalue weighted by Crippen LogP contribution is 2.17. The molecule has 0 saturated heterocycles. The number of H-pyrrole nitrogens is 2. The van der Waals surface area contributed by atoms with Gasteiger partial charge in [-0.1, -0.05) is 0 Å². The molecule has 3 rings (SSSR count). The molecule has 1 atom stereocenters. The summed E-state index contributed by atoms with van der Waals surface area (Å²) in [5, 5.41) is 13.1. The Labute approximate surface area is 121 Å². The molecule has 7 heteroatoms. The molecule has 4 N–H and O–H groups in total. The highest BCUT2D eigenvalue weighted by atomic mass is 16.2. The van der Waals surface area contributed by atoms with Gasteiger partial charge in [-0.3, -0.25) is 14.7 Å². The summed E-state index contributed by atoms with van der Waals surface area (Å²) in [6.45, 7) is 3.39. The quantitative estimate of drug-likeness (QED) is 0.649. The van der Waals surface area contributed by atoms with Crippen molar-refractivity contribution < 1.29 is 4.79 Å². The van der Waals surface area contributed by atoms with Crippen LogP contribution in [-0.4, -0.2) is 27.6 Å². The van der Waals surface area contributed by atoms with Gasteiger partial charge in [-0.05, 0) is 31.5 Å². The van der Waals surface area contributed by atoms with Crippen molar-refractivity contribution in [1.82, 2.24) is 25.8 Å². The van der Waals surface area contributed by atoms with Crippen LogP contribution in [0.2, 0.25) is 0 Å². The minimum atomic E-state index is -0.256. The fourth-order valence-corrected chi connectivity index (χ4v) is 2.51. The lowest BCUT2D eigenvalue weighted by molar-refractivity contribution is 0.0933. The standard InChI is InChI=1S/C14H17N5O2/c1-8(9-2-5-16-12(20)6-9)17-14(21)13-10-3-4-15-7-11(10)18-19-13/h2,5-6,8,15H,3-4,7H2,1H3,(H,16,20)(H,17,21)(H,18,19). The SMILES string of the molecule is CC(NC(=O)c1n[nH]c2c1CCNC2)c1cc[nH]c(=O)c1. The molecule has 0 aromatic carbocycles. The van der Waals surface area contributed by atoms with Crippen LogP contribution in [0.5, 0.6) is 0 Å². The predicted octanol–water partition coefficient (Wildman–Crippen LogP) is 0.235. The molecule has 0 saturated carbocycles. The zero-order valence-corrected chi connectivity index (χ0v) is 11.7. The van der Waals surface area contributed by atoms with Crippen molar-refractivity contribution in [3.05, 3.63) is 51.2 Å². The second-order valence-electron chi connectivity index (χ2n) is 5.14. The van der Waals surface area contributed by atoms with E-state index in [4.69, 9.17) is 0 Å². The van der Waals surface area contributed by atoms with Gasteiger partial charge in [-0.25, -0.2) is 0 Å². The van der Waals surface area contributed by atoms with E-state index >= 15 is 0 Å². The van der Waals surface area contributed by atoms with Crippen molar-refractivity contribution in [1.29, 1.82) is 0 Å². The number of nitrogens with zero attached hydrogens (tertiary/aromatic N) is 1. The zero-order chi connectivity index (χ0) is 14.8. The first kappa shape index (κ1) is 13.6. The fourth-order valence-electron chi connectivity index (χ4n) is 2.51. The van der Waals surface area contributed by atoms with Gasteiger partial charge < -0.3 is 15.6 Å². The number of pyridine rings is 1. The van der Waals surface area contributed by atoms with Crippen molar-refractivity contribution >= 4 is 5.91 Å². The molecule has 2 aromatic rings. The van der Waals surface area contributed by atoms with Crippen LogP contribution in [0.25, 0.3) is 0 Å². The maximum Gasteiger partial charge on any atom is 0.272 e. The Morgan fingerprint density at radius 3 is 3.14 bits per heavy atom. The lowest BCUT2D eigenvalue weighted by atomic mass is 10.0. The summed E-state index contributed by atoms with van der Waals surface area (Å²) in [7, 11) is 0. The molecule has 0 aliphatic carbocycles. The molecule has 7 nitrogen and oxygen atoms in total. The summed E-state index contributed by atoms with van der Waals surface area (Å²) in [5.41, 5.74) is 2.97. The second kappa shape index (κ2) is 5.53. The summed E-state index contributed by atoms with van der Waals surface area (Å²) in [4.78, 5) is 26.2. The minimum absolute atomic E-state index is 0.183. The Morgan fingerprint density at radius 1 is 1.48 bits per heavy atom. The van der Waals surface area contributed by atoms with Crippen molar-refractivity contribution in [3.8, 4) is 0 Å². The van der Waals surface area contributed by atoms with Gasteiger partial charge in [0.25, 0.3) is 5.91 Å². The van der Waals surface area contributed by atoms with Crippen LogP contribution < -0.4 is 16.2 Å². The van der Waals surface area contributed by atoms with Crippen LogP contribution in [0.1, 0.15) is 40.3 Å². The lowest BCUT2D eigenvalue weighted by Crippen LogP contribution is -2.30. The molecule has 21 heavy (non-hydrogen) atoms. The van der Waals surface area contributed by atoms with Gasteiger partial charge in [0.15, 0.2) is 5.69 Å².